The van der Waals surface area contributed by atoms with Gasteiger partial charge in [0.1, 0.15) is 4.83 Å². The highest BCUT2D eigenvalue weighted by Gasteiger charge is 2.08. The zero-order valence-electron chi connectivity index (χ0n) is 7.02. The van der Waals surface area contributed by atoms with E-state index in [4.69, 9.17) is 0 Å². The Bertz CT molecular complexity index is 670. The first-order valence-corrected chi connectivity index (χ1v) is 4.88. The Morgan fingerprint density at radius 3 is 3.29 bits per heavy atom. The SMILES string of the molecule is O=c1[nH]cnc2sc3ccncc3c12. The first-order chi connectivity index (χ1) is 6.86. The number of nitrogens with zero attached hydrogens (tertiary/aromatic N) is 2. The molecule has 0 saturated heterocycles. The summed E-state index contributed by atoms with van der Waals surface area (Å²) in [6, 6.07) is 1.89. The number of hydrogen-bond donors (Lipinski definition) is 1. The maximum absolute atomic E-state index is 11.5. The van der Waals surface area contributed by atoms with E-state index >= 15 is 0 Å². The van der Waals surface area contributed by atoms with E-state index in [2.05, 4.69) is 15.0 Å². The number of aromatic nitrogens is 3. The fourth-order valence-electron chi connectivity index (χ4n) is 1.46. The molecule has 0 amide bonds. The van der Waals surface area contributed by atoms with Crippen molar-refractivity contribution < 1.29 is 0 Å². The third kappa shape index (κ3) is 0.898. The van der Waals surface area contributed by atoms with E-state index in [-0.39, 0.29) is 5.56 Å². The van der Waals surface area contributed by atoms with Gasteiger partial charge in [0.25, 0.3) is 5.56 Å². The normalized spacial score (nSPS) is 11.1. The number of rotatable bonds is 0. The van der Waals surface area contributed by atoms with E-state index in [1.165, 1.54) is 17.7 Å². The van der Waals surface area contributed by atoms with Crippen LogP contribution in [0, 0.1) is 0 Å². The van der Waals surface area contributed by atoms with Crippen LogP contribution in [0.3, 0.4) is 0 Å². The average Bonchev–Trinajstić information content (AvgIpc) is 2.57. The standard InChI is InChI=1S/C9H5N3OS/c13-8-7-5-3-10-2-1-6(5)14-9(7)12-4-11-8/h1-4H,(H,11,12,13). The van der Waals surface area contributed by atoms with E-state index in [1.807, 2.05) is 6.07 Å². The van der Waals surface area contributed by atoms with Crippen molar-refractivity contribution in [2.45, 2.75) is 0 Å². The number of pyridine rings is 1. The molecule has 0 saturated carbocycles. The lowest BCUT2D eigenvalue weighted by Gasteiger charge is -1.87. The number of H-pyrrole nitrogens is 1. The zero-order chi connectivity index (χ0) is 9.54. The molecule has 0 aliphatic heterocycles. The Labute approximate surface area is 82.3 Å². The molecule has 0 fully saturated rings. The van der Waals surface area contributed by atoms with Crippen molar-refractivity contribution in [2.75, 3.05) is 0 Å². The highest BCUT2D eigenvalue weighted by atomic mass is 32.1. The molecule has 0 aliphatic rings. The van der Waals surface area contributed by atoms with Crippen LogP contribution in [-0.2, 0) is 0 Å². The highest BCUT2D eigenvalue weighted by Crippen LogP contribution is 2.28. The Balaban J connectivity index is 2.73. The van der Waals surface area contributed by atoms with Gasteiger partial charge >= 0.3 is 0 Å². The summed E-state index contributed by atoms with van der Waals surface area (Å²) in [6.07, 6.45) is 4.84. The molecule has 5 heteroatoms. The molecule has 14 heavy (non-hydrogen) atoms. The van der Waals surface area contributed by atoms with Crippen molar-refractivity contribution in [1.29, 1.82) is 0 Å². The quantitative estimate of drug-likeness (QED) is 0.602. The Kier molecular flexibility index (Phi) is 1.43. The summed E-state index contributed by atoms with van der Waals surface area (Å²) in [5.74, 6) is 0. The van der Waals surface area contributed by atoms with Crippen molar-refractivity contribution in [3.05, 3.63) is 35.1 Å². The lowest BCUT2D eigenvalue weighted by molar-refractivity contribution is 1.18. The molecule has 1 N–H and O–H groups in total. The van der Waals surface area contributed by atoms with Crippen LogP contribution >= 0.6 is 11.3 Å². The highest BCUT2D eigenvalue weighted by molar-refractivity contribution is 7.25. The predicted molar refractivity (Wildman–Crippen MR) is 55.5 cm³/mol. The second-order valence-corrected chi connectivity index (χ2v) is 3.92. The smallest absolute Gasteiger partial charge is 0.260 e. The van der Waals surface area contributed by atoms with E-state index in [0.717, 1.165) is 14.9 Å². The minimum atomic E-state index is -0.103. The van der Waals surface area contributed by atoms with Gasteiger partial charge in [-0.05, 0) is 6.07 Å². The first-order valence-electron chi connectivity index (χ1n) is 4.06. The second kappa shape index (κ2) is 2.62. The maximum atomic E-state index is 11.5. The van der Waals surface area contributed by atoms with Gasteiger partial charge in [-0.15, -0.1) is 11.3 Å². The average molecular weight is 203 g/mol. The fourth-order valence-corrected chi connectivity index (χ4v) is 2.47. The van der Waals surface area contributed by atoms with Gasteiger partial charge in [0.05, 0.1) is 11.7 Å². The Hall–Kier alpha value is -1.75. The van der Waals surface area contributed by atoms with Gasteiger partial charge in [0.2, 0.25) is 0 Å². The second-order valence-electron chi connectivity index (χ2n) is 2.89. The van der Waals surface area contributed by atoms with E-state index in [0.29, 0.717) is 5.39 Å². The van der Waals surface area contributed by atoms with Crippen molar-refractivity contribution in [2.24, 2.45) is 0 Å². The number of nitrogens with one attached hydrogen (secondary N) is 1. The van der Waals surface area contributed by atoms with Crippen LogP contribution in [0.5, 0.6) is 0 Å². The monoisotopic (exact) mass is 203 g/mol. The molecule has 0 bridgehead atoms. The van der Waals surface area contributed by atoms with Gasteiger partial charge in [-0.1, -0.05) is 0 Å². The third-order valence-corrected chi connectivity index (χ3v) is 3.15. The maximum Gasteiger partial charge on any atom is 0.260 e. The zero-order valence-corrected chi connectivity index (χ0v) is 7.84. The first kappa shape index (κ1) is 7.64. The van der Waals surface area contributed by atoms with Gasteiger partial charge in [0.15, 0.2) is 0 Å². The molecule has 3 aromatic heterocycles. The number of thiophene rings is 1. The van der Waals surface area contributed by atoms with Crippen LogP contribution in [0.15, 0.2) is 29.6 Å². The molecule has 0 aliphatic carbocycles. The molecule has 3 aromatic rings. The van der Waals surface area contributed by atoms with Gasteiger partial charge in [-0.2, -0.15) is 0 Å². The molecule has 68 valence electrons. The van der Waals surface area contributed by atoms with Gasteiger partial charge in [-0.3, -0.25) is 9.78 Å². The fraction of sp³-hybridized carbons (Fsp3) is 0. The summed E-state index contributed by atoms with van der Waals surface area (Å²) in [5.41, 5.74) is -0.103. The predicted octanol–water partition coefficient (Wildman–Crippen LogP) is 1.53. The van der Waals surface area contributed by atoms with Crippen molar-refractivity contribution >= 4 is 31.6 Å². The third-order valence-electron chi connectivity index (χ3n) is 2.08. The molecular formula is C9H5N3OS. The van der Waals surface area contributed by atoms with Crippen LogP contribution in [0.2, 0.25) is 0 Å². The van der Waals surface area contributed by atoms with Crippen LogP contribution in [-0.4, -0.2) is 15.0 Å². The lowest BCUT2D eigenvalue weighted by Crippen LogP contribution is -2.04. The molecule has 3 rings (SSSR count). The number of hydrogen-bond acceptors (Lipinski definition) is 4. The van der Waals surface area contributed by atoms with Crippen molar-refractivity contribution in [1.82, 2.24) is 15.0 Å². The topological polar surface area (TPSA) is 58.6 Å². The largest absolute Gasteiger partial charge is 0.313 e. The number of aromatic amines is 1. The molecule has 0 atom stereocenters. The van der Waals surface area contributed by atoms with Crippen LogP contribution in [0.4, 0.5) is 0 Å². The molecule has 0 unspecified atom stereocenters. The van der Waals surface area contributed by atoms with Crippen LogP contribution < -0.4 is 5.56 Å². The molecule has 0 aromatic carbocycles. The molecule has 0 radical (unpaired) electrons. The minimum absolute atomic E-state index is 0.103. The van der Waals surface area contributed by atoms with E-state index in [1.54, 1.807) is 12.4 Å². The van der Waals surface area contributed by atoms with Crippen LogP contribution in [0.25, 0.3) is 20.3 Å². The van der Waals surface area contributed by atoms with Crippen molar-refractivity contribution in [3.8, 4) is 0 Å². The molecule has 0 spiro atoms. The summed E-state index contributed by atoms with van der Waals surface area (Å²) < 4.78 is 1.04. The summed E-state index contributed by atoms with van der Waals surface area (Å²) >= 11 is 1.50. The summed E-state index contributed by atoms with van der Waals surface area (Å²) in [4.78, 5) is 23.0. The van der Waals surface area contributed by atoms with Gasteiger partial charge < -0.3 is 4.98 Å². The Morgan fingerprint density at radius 2 is 2.36 bits per heavy atom. The number of fused-ring (bicyclic) bond motifs is 3. The molecular weight excluding hydrogens is 198 g/mol. The van der Waals surface area contributed by atoms with Crippen LogP contribution in [0.1, 0.15) is 0 Å². The summed E-state index contributed by atoms with van der Waals surface area (Å²) in [6.45, 7) is 0. The van der Waals surface area contributed by atoms with E-state index in [9.17, 15) is 4.79 Å². The minimum Gasteiger partial charge on any atom is -0.313 e. The van der Waals surface area contributed by atoms with Gasteiger partial charge in [0, 0.05) is 22.5 Å². The molecule has 4 nitrogen and oxygen atoms in total. The van der Waals surface area contributed by atoms with Crippen molar-refractivity contribution in [3.63, 3.8) is 0 Å². The summed E-state index contributed by atoms with van der Waals surface area (Å²) in [7, 11) is 0. The lowest BCUT2D eigenvalue weighted by atomic mass is 10.3. The van der Waals surface area contributed by atoms with E-state index < -0.39 is 0 Å². The molecule has 3 heterocycles. The Morgan fingerprint density at radius 1 is 1.43 bits per heavy atom. The van der Waals surface area contributed by atoms with Gasteiger partial charge in [-0.25, -0.2) is 4.98 Å². The summed E-state index contributed by atoms with van der Waals surface area (Å²) in [5, 5.41) is 1.52.